The second-order valence-electron chi connectivity index (χ2n) is 5.40. The highest BCUT2D eigenvalue weighted by atomic mass is 16.5. The number of nitrogens with zero attached hydrogens (tertiary/aromatic N) is 1. The minimum absolute atomic E-state index is 0.00866. The highest BCUT2D eigenvalue weighted by molar-refractivity contribution is 6.01. The molecule has 116 valence electrons. The molecule has 0 bridgehead atoms. The Balaban J connectivity index is 1.79. The van der Waals surface area contributed by atoms with E-state index in [1.165, 1.54) is 0 Å². The zero-order chi connectivity index (χ0) is 15.7. The number of carbonyl (C=O) groups excluding carboxylic acids is 1. The molecule has 0 aliphatic heterocycles. The molecule has 1 aliphatic rings. The number of aromatic amines is 1. The number of ether oxygens (including phenoxy) is 1. The molecule has 22 heavy (non-hydrogen) atoms. The molecule has 7 heteroatoms. The lowest BCUT2D eigenvalue weighted by Crippen LogP contribution is -2.25. The molecule has 2 aromatic rings. The molecule has 3 rings (SSSR count). The first kappa shape index (κ1) is 14.4. The van der Waals surface area contributed by atoms with Crippen LogP contribution in [0.3, 0.4) is 0 Å². The number of H-pyrrole nitrogens is 1. The molecule has 0 spiro atoms. The molecule has 1 heterocycles. The number of carbonyl (C=O) groups is 2. The van der Waals surface area contributed by atoms with E-state index >= 15 is 0 Å². The number of carboxylic acids is 1. The van der Waals surface area contributed by atoms with Crippen LogP contribution >= 0.6 is 0 Å². The molecule has 7 nitrogen and oxygen atoms in total. The smallest absolute Gasteiger partial charge is 0.344 e. The number of benzene rings is 1. The molecule has 1 aliphatic carbocycles. The van der Waals surface area contributed by atoms with Crippen molar-refractivity contribution in [3.8, 4) is 5.75 Å². The van der Waals surface area contributed by atoms with Gasteiger partial charge in [0.1, 0.15) is 5.75 Å². The highest BCUT2D eigenvalue weighted by Gasteiger charge is 2.30. The van der Waals surface area contributed by atoms with Gasteiger partial charge in [0, 0.05) is 17.4 Å². The third-order valence-corrected chi connectivity index (χ3v) is 3.65. The Morgan fingerprint density at radius 3 is 2.91 bits per heavy atom. The number of carboxylic acid groups (broad SMARTS) is 1. The van der Waals surface area contributed by atoms with Crippen molar-refractivity contribution in [3.05, 3.63) is 18.2 Å². The molecular formula is C15H17N3O4. The van der Waals surface area contributed by atoms with Gasteiger partial charge in [-0.25, -0.2) is 4.79 Å². The van der Waals surface area contributed by atoms with Crippen LogP contribution in [0.1, 0.15) is 26.2 Å². The monoisotopic (exact) mass is 303 g/mol. The topological polar surface area (TPSA) is 104 Å². The van der Waals surface area contributed by atoms with Gasteiger partial charge in [0.05, 0.1) is 5.52 Å². The van der Waals surface area contributed by atoms with Gasteiger partial charge in [0.2, 0.25) is 5.91 Å². The molecular weight excluding hydrogens is 286 g/mol. The zero-order valence-corrected chi connectivity index (χ0v) is 12.1. The standard InChI is InChI=1S/C15H17N3O4/c1-2-12(15(20)21)22-9-5-6-10-11(7-9)17-18-13(10)16-14(19)8-3-4-8/h5-8,12H,2-4H2,1H3,(H,20,21)(H2,16,17,18,19). The van der Waals surface area contributed by atoms with E-state index < -0.39 is 12.1 Å². The molecule has 1 saturated carbocycles. The number of amides is 1. The number of aromatic nitrogens is 2. The van der Waals surface area contributed by atoms with Crippen LogP contribution < -0.4 is 10.1 Å². The minimum Gasteiger partial charge on any atom is -0.479 e. The van der Waals surface area contributed by atoms with Crippen molar-refractivity contribution in [1.29, 1.82) is 0 Å². The van der Waals surface area contributed by atoms with Crippen LogP contribution in [0.25, 0.3) is 10.9 Å². The number of hydrogen-bond donors (Lipinski definition) is 3. The summed E-state index contributed by atoms with van der Waals surface area (Å²) in [7, 11) is 0. The SMILES string of the molecule is CCC(Oc1ccc2c(NC(=O)C3CC3)n[nH]c2c1)C(=O)O. The molecule has 0 saturated heterocycles. The Morgan fingerprint density at radius 2 is 2.27 bits per heavy atom. The lowest BCUT2D eigenvalue weighted by Gasteiger charge is -2.12. The highest BCUT2D eigenvalue weighted by Crippen LogP contribution is 2.31. The van der Waals surface area contributed by atoms with E-state index in [0.717, 1.165) is 18.2 Å². The molecule has 1 unspecified atom stereocenters. The van der Waals surface area contributed by atoms with Gasteiger partial charge >= 0.3 is 5.97 Å². The minimum atomic E-state index is -0.996. The maximum Gasteiger partial charge on any atom is 0.344 e. The summed E-state index contributed by atoms with van der Waals surface area (Å²) in [5, 5.41) is 19.5. The lowest BCUT2D eigenvalue weighted by atomic mass is 10.2. The summed E-state index contributed by atoms with van der Waals surface area (Å²) in [4.78, 5) is 22.8. The molecule has 1 amide bonds. The quantitative estimate of drug-likeness (QED) is 0.758. The van der Waals surface area contributed by atoms with Crippen LogP contribution in [0.4, 0.5) is 5.82 Å². The predicted molar refractivity (Wildman–Crippen MR) is 79.8 cm³/mol. The zero-order valence-electron chi connectivity index (χ0n) is 12.1. The first-order chi connectivity index (χ1) is 10.6. The Labute approximate surface area is 126 Å². The Kier molecular flexibility index (Phi) is 3.70. The van der Waals surface area contributed by atoms with E-state index in [2.05, 4.69) is 15.5 Å². The van der Waals surface area contributed by atoms with E-state index in [4.69, 9.17) is 9.84 Å². The average molecular weight is 303 g/mol. The third kappa shape index (κ3) is 2.88. The summed E-state index contributed by atoms with van der Waals surface area (Å²) in [6, 6.07) is 5.11. The van der Waals surface area contributed by atoms with Gasteiger partial charge in [0.15, 0.2) is 11.9 Å². The summed E-state index contributed by atoms with van der Waals surface area (Å²) in [5.74, 6) is 0.0414. The average Bonchev–Trinajstić information content (AvgIpc) is 3.28. The first-order valence-electron chi connectivity index (χ1n) is 7.27. The Bertz CT molecular complexity index is 721. The van der Waals surface area contributed by atoms with Crippen LogP contribution in [0.2, 0.25) is 0 Å². The maximum atomic E-state index is 11.8. The van der Waals surface area contributed by atoms with Crippen LogP contribution in [-0.2, 0) is 9.59 Å². The molecule has 1 fully saturated rings. The Hall–Kier alpha value is -2.57. The maximum absolute atomic E-state index is 11.8. The summed E-state index contributed by atoms with van der Waals surface area (Å²) in [6.45, 7) is 1.75. The van der Waals surface area contributed by atoms with Crippen molar-refractivity contribution in [2.45, 2.75) is 32.3 Å². The van der Waals surface area contributed by atoms with Gasteiger partial charge in [-0.1, -0.05) is 6.92 Å². The summed E-state index contributed by atoms with van der Waals surface area (Å²) < 4.78 is 5.44. The fourth-order valence-corrected chi connectivity index (χ4v) is 2.20. The number of nitrogens with one attached hydrogen (secondary N) is 2. The van der Waals surface area contributed by atoms with Crippen LogP contribution in [0.5, 0.6) is 5.75 Å². The van der Waals surface area contributed by atoms with Gasteiger partial charge in [0.25, 0.3) is 0 Å². The van der Waals surface area contributed by atoms with Gasteiger partial charge < -0.3 is 15.2 Å². The first-order valence-corrected chi connectivity index (χ1v) is 7.27. The number of aliphatic carboxylic acids is 1. The second-order valence-corrected chi connectivity index (χ2v) is 5.40. The summed E-state index contributed by atoms with van der Waals surface area (Å²) in [6.07, 6.45) is 1.35. The van der Waals surface area contributed by atoms with Crippen molar-refractivity contribution in [2.24, 2.45) is 5.92 Å². The van der Waals surface area contributed by atoms with Gasteiger partial charge in [-0.05, 0) is 31.4 Å². The van der Waals surface area contributed by atoms with Crippen molar-refractivity contribution >= 4 is 28.6 Å². The molecule has 1 aromatic carbocycles. The van der Waals surface area contributed by atoms with E-state index in [-0.39, 0.29) is 11.8 Å². The van der Waals surface area contributed by atoms with Gasteiger partial charge in [-0.3, -0.25) is 9.89 Å². The Morgan fingerprint density at radius 1 is 1.50 bits per heavy atom. The van der Waals surface area contributed by atoms with E-state index in [1.54, 1.807) is 25.1 Å². The second kappa shape index (κ2) is 5.67. The van der Waals surface area contributed by atoms with Crippen molar-refractivity contribution in [2.75, 3.05) is 5.32 Å². The van der Waals surface area contributed by atoms with E-state index in [0.29, 0.717) is 23.5 Å². The normalized spacial score (nSPS) is 15.5. The molecule has 1 aromatic heterocycles. The predicted octanol–water partition coefficient (Wildman–Crippen LogP) is 2.15. The van der Waals surface area contributed by atoms with Crippen LogP contribution in [0, 0.1) is 5.92 Å². The number of fused-ring (bicyclic) bond motifs is 1. The molecule has 3 N–H and O–H groups in total. The number of anilines is 1. The van der Waals surface area contributed by atoms with Gasteiger partial charge in [-0.2, -0.15) is 5.10 Å². The number of hydrogen-bond acceptors (Lipinski definition) is 4. The van der Waals surface area contributed by atoms with Crippen molar-refractivity contribution in [3.63, 3.8) is 0 Å². The fourth-order valence-electron chi connectivity index (χ4n) is 2.20. The summed E-state index contributed by atoms with van der Waals surface area (Å²) in [5.41, 5.74) is 0.684. The van der Waals surface area contributed by atoms with Crippen LogP contribution in [0.15, 0.2) is 18.2 Å². The van der Waals surface area contributed by atoms with Crippen molar-refractivity contribution in [1.82, 2.24) is 10.2 Å². The van der Waals surface area contributed by atoms with Crippen LogP contribution in [-0.4, -0.2) is 33.3 Å². The third-order valence-electron chi connectivity index (χ3n) is 3.65. The van der Waals surface area contributed by atoms with Gasteiger partial charge in [-0.15, -0.1) is 0 Å². The largest absolute Gasteiger partial charge is 0.479 e. The van der Waals surface area contributed by atoms with E-state index in [9.17, 15) is 9.59 Å². The number of rotatable bonds is 6. The lowest BCUT2D eigenvalue weighted by molar-refractivity contribution is -0.145. The molecule has 1 atom stereocenters. The van der Waals surface area contributed by atoms with E-state index in [1.807, 2.05) is 0 Å². The fraction of sp³-hybridized carbons (Fsp3) is 0.400. The summed E-state index contributed by atoms with van der Waals surface area (Å²) >= 11 is 0. The van der Waals surface area contributed by atoms with Crippen molar-refractivity contribution < 1.29 is 19.4 Å². The molecule has 0 radical (unpaired) electrons.